The third-order valence-electron chi connectivity index (χ3n) is 3.30. The molecule has 0 saturated heterocycles. The lowest BCUT2D eigenvalue weighted by molar-refractivity contribution is 0.411. The smallest absolute Gasteiger partial charge is 0.248 e. The van der Waals surface area contributed by atoms with Crippen LogP contribution in [0.5, 0.6) is 5.75 Å². The number of halogens is 2. The maximum atomic E-state index is 6.05. The Morgan fingerprint density at radius 3 is 2.79 bits per heavy atom. The second-order valence-electron chi connectivity index (χ2n) is 4.93. The summed E-state index contributed by atoms with van der Waals surface area (Å²) in [5, 5.41) is 8.92. The quantitative estimate of drug-likeness (QED) is 0.515. The molecule has 0 aliphatic rings. The second kappa shape index (κ2) is 8.05. The zero-order chi connectivity index (χ0) is 16.9. The number of hydrogen-bond donors (Lipinski definition) is 0. The highest BCUT2D eigenvalue weighted by atomic mass is 79.9. The Morgan fingerprint density at radius 2 is 2.00 bits per heavy atom. The van der Waals surface area contributed by atoms with E-state index in [1.54, 1.807) is 18.9 Å². The van der Waals surface area contributed by atoms with Gasteiger partial charge in [0.15, 0.2) is 0 Å². The van der Waals surface area contributed by atoms with E-state index in [0.717, 1.165) is 27.1 Å². The van der Waals surface area contributed by atoms with E-state index in [1.165, 1.54) is 0 Å². The maximum Gasteiger partial charge on any atom is 0.248 e. The Labute approximate surface area is 157 Å². The van der Waals surface area contributed by atoms with E-state index in [9.17, 15) is 0 Å². The van der Waals surface area contributed by atoms with E-state index in [-0.39, 0.29) is 0 Å². The maximum absolute atomic E-state index is 6.05. The Balaban J connectivity index is 1.64. The fraction of sp³-hybridized carbons (Fsp3) is 0.176. The lowest BCUT2D eigenvalue weighted by Crippen LogP contribution is -1.91. The van der Waals surface area contributed by atoms with Gasteiger partial charge in [-0.2, -0.15) is 0 Å². The molecule has 7 heteroatoms. The number of nitrogens with zero attached hydrogens (tertiary/aromatic N) is 2. The van der Waals surface area contributed by atoms with Crippen LogP contribution in [0.25, 0.3) is 11.5 Å². The fourth-order valence-electron chi connectivity index (χ4n) is 2.16. The molecule has 0 atom stereocenters. The Hall–Kier alpha value is -1.50. The van der Waals surface area contributed by atoms with E-state index in [0.29, 0.717) is 22.6 Å². The number of rotatable bonds is 6. The molecule has 3 rings (SSSR count). The van der Waals surface area contributed by atoms with Gasteiger partial charge >= 0.3 is 0 Å². The van der Waals surface area contributed by atoms with E-state index in [4.69, 9.17) is 20.8 Å². The van der Waals surface area contributed by atoms with Crippen LogP contribution in [0.15, 0.2) is 51.4 Å². The molecule has 0 saturated carbocycles. The monoisotopic (exact) mass is 424 g/mol. The van der Waals surface area contributed by atoms with Crippen molar-refractivity contribution in [2.75, 3.05) is 7.11 Å². The van der Waals surface area contributed by atoms with Crippen LogP contribution in [0.1, 0.15) is 11.5 Å². The molecule has 0 radical (unpaired) electrons. The molecule has 0 unspecified atom stereocenters. The zero-order valence-corrected chi connectivity index (χ0v) is 16.0. The van der Waals surface area contributed by atoms with Gasteiger partial charge in [0, 0.05) is 20.8 Å². The molecule has 0 N–H and O–H groups in total. The normalized spacial score (nSPS) is 10.8. The molecule has 1 heterocycles. The molecule has 0 spiro atoms. The molecule has 4 nitrogen and oxygen atoms in total. The van der Waals surface area contributed by atoms with Gasteiger partial charge in [-0.3, -0.25) is 0 Å². The van der Waals surface area contributed by atoms with Gasteiger partial charge in [0.1, 0.15) is 5.75 Å². The minimum Gasteiger partial charge on any atom is -0.496 e. The van der Waals surface area contributed by atoms with Crippen molar-refractivity contribution in [1.82, 2.24) is 10.2 Å². The first-order chi connectivity index (χ1) is 11.7. The molecular weight excluding hydrogens is 412 g/mol. The van der Waals surface area contributed by atoms with Crippen LogP contribution in [0.3, 0.4) is 0 Å². The van der Waals surface area contributed by atoms with Crippen molar-refractivity contribution in [2.45, 2.75) is 11.5 Å². The average Bonchev–Trinajstić information content (AvgIpc) is 3.04. The number of ether oxygens (including phenoxy) is 1. The van der Waals surface area contributed by atoms with Crippen molar-refractivity contribution in [3.05, 3.63) is 63.4 Å². The summed E-state index contributed by atoms with van der Waals surface area (Å²) < 4.78 is 12.0. The van der Waals surface area contributed by atoms with Crippen LogP contribution in [-0.2, 0) is 11.5 Å². The summed E-state index contributed by atoms with van der Waals surface area (Å²) in [4.78, 5) is 0. The van der Waals surface area contributed by atoms with Crippen molar-refractivity contribution in [3.8, 4) is 17.2 Å². The number of hydrogen-bond acceptors (Lipinski definition) is 5. The van der Waals surface area contributed by atoms with Gasteiger partial charge in [0.25, 0.3) is 0 Å². The zero-order valence-electron chi connectivity index (χ0n) is 12.8. The Morgan fingerprint density at radius 1 is 1.17 bits per heavy atom. The number of thioether (sulfide) groups is 1. The topological polar surface area (TPSA) is 48.2 Å². The van der Waals surface area contributed by atoms with Crippen LogP contribution in [0, 0.1) is 0 Å². The molecule has 0 bridgehead atoms. The van der Waals surface area contributed by atoms with E-state index < -0.39 is 0 Å². The fourth-order valence-corrected chi connectivity index (χ4v) is 3.65. The highest BCUT2D eigenvalue weighted by Crippen LogP contribution is 2.30. The molecule has 0 fully saturated rings. The second-order valence-corrected chi connectivity index (χ2v) is 7.21. The van der Waals surface area contributed by atoms with E-state index in [1.807, 2.05) is 42.5 Å². The van der Waals surface area contributed by atoms with Crippen LogP contribution >= 0.6 is 39.3 Å². The molecule has 1 aromatic heterocycles. The van der Waals surface area contributed by atoms with Gasteiger partial charge < -0.3 is 9.15 Å². The summed E-state index contributed by atoms with van der Waals surface area (Å²) in [5.74, 6) is 3.29. The lowest BCUT2D eigenvalue weighted by atomic mass is 10.2. The molecule has 0 aliphatic carbocycles. The van der Waals surface area contributed by atoms with Crippen LogP contribution in [0.2, 0.25) is 5.02 Å². The molecule has 124 valence electrons. The SMILES string of the molecule is COc1ccc(Cl)cc1CSCc1nnc(-c2ccccc2Br)o1. The molecule has 24 heavy (non-hydrogen) atoms. The number of aromatic nitrogens is 2. The predicted octanol–water partition coefficient (Wildman–Crippen LogP) is 5.59. The first-order valence-corrected chi connectivity index (χ1v) is 9.47. The van der Waals surface area contributed by atoms with Crippen molar-refractivity contribution in [3.63, 3.8) is 0 Å². The van der Waals surface area contributed by atoms with Crippen LogP contribution in [-0.4, -0.2) is 17.3 Å². The van der Waals surface area contributed by atoms with Gasteiger partial charge in [-0.15, -0.1) is 22.0 Å². The van der Waals surface area contributed by atoms with Gasteiger partial charge in [-0.1, -0.05) is 23.7 Å². The highest BCUT2D eigenvalue weighted by molar-refractivity contribution is 9.10. The van der Waals surface area contributed by atoms with E-state index >= 15 is 0 Å². The Bertz CT molecular complexity index is 841. The van der Waals surface area contributed by atoms with Gasteiger partial charge in [0.05, 0.1) is 18.4 Å². The largest absolute Gasteiger partial charge is 0.496 e. The van der Waals surface area contributed by atoms with E-state index in [2.05, 4.69) is 26.1 Å². The highest BCUT2D eigenvalue weighted by Gasteiger charge is 2.12. The molecule has 3 aromatic rings. The summed E-state index contributed by atoms with van der Waals surface area (Å²) in [7, 11) is 1.65. The standard InChI is InChI=1S/C17H14BrClN2O2S/c1-22-15-7-6-12(19)8-11(15)9-24-10-16-20-21-17(23-16)13-4-2-3-5-14(13)18/h2-8H,9-10H2,1H3. The summed E-state index contributed by atoms with van der Waals surface area (Å²) >= 11 is 11.2. The summed E-state index contributed by atoms with van der Waals surface area (Å²) in [6.07, 6.45) is 0. The van der Waals surface area contributed by atoms with Crippen molar-refractivity contribution < 1.29 is 9.15 Å². The van der Waals surface area contributed by atoms with Crippen LogP contribution in [0.4, 0.5) is 0 Å². The summed E-state index contributed by atoms with van der Waals surface area (Å²) in [6, 6.07) is 13.4. The van der Waals surface area contributed by atoms with Crippen molar-refractivity contribution in [1.29, 1.82) is 0 Å². The molecule has 2 aromatic carbocycles. The van der Waals surface area contributed by atoms with Gasteiger partial charge in [-0.05, 0) is 46.3 Å². The van der Waals surface area contributed by atoms with Crippen LogP contribution < -0.4 is 4.74 Å². The third-order valence-corrected chi connectivity index (χ3v) is 5.19. The summed E-state index contributed by atoms with van der Waals surface area (Å²) in [5.41, 5.74) is 1.93. The number of methoxy groups -OCH3 is 1. The first kappa shape index (κ1) is 17.3. The minimum absolute atomic E-state index is 0.512. The summed E-state index contributed by atoms with van der Waals surface area (Å²) in [6.45, 7) is 0. The minimum atomic E-state index is 0.512. The molecule has 0 aliphatic heterocycles. The predicted molar refractivity (Wildman–Crippen MR) is 100 cm³/mol. The number of benzene rings is 2. The van der Waals surface area contributed by atoms with Crippen molar-refractivity contribution in [2.24, 2.45) is 0 Å². The average molecular weight is 426 g/mol. The molecular formula is C17H14BrClN2O2S. The first-order valence-electron chi connectivity index (χ1n) is 7.15. The lowest BCUT2D eigenvalue weighted by Gasteiger charge is -2.07. The van der Waals surface area contributed by atoms with Gasteiger partial charge in [-0.25, -0.2) is 0 Å². The third kappa shape index (κ3) is 4.12. The van der Waals surface area contributed by atoms with Gasteiger partial charge in [0.2, 0.25) is 11.8 Å². The molecule has 0 amide bonds. The Kier molecular flexibility index (Phi) is 5.81. The van der Waals surface area contributed by atoms with Crippen molar-refractivity contribution >= 4 is 39.3 Å².